The van der Waals surface area contributed by atoms with Gasteiger partial charge in [-0.05, 0) is 51.4 Å². The molecule has 0 bridgehead atoms. The molecule has 0 aliphatic carbocycles. The number of ether oxygens (including phenoxy) is 4. The second-order valence-electron chi connectivity index (χ2n) is 8.40. The van der Waals surface area contributed by atoms with Crippen molar-refractivity contribution in [3.05, 3.63) is 109 Å². The van der Waals surface area contributed by atoms with Crippen LogP contribution in [0.15, 0.2) is 103 Å². The van der Waals surface area contributed by atoms with E-state index in [-0.39, 0.29) is 5.75 Å². The van der Waals surface area contributed by atoms with Crippen LogP contribution in [0.25, 0.3) is 21.5 Å². The summed E-state index contributed by atoms with van der Waals surface area (Å²) in [6, 6.07) is 33.6. The van der Waals surface area contributed by atoms with Gasteiger partial charge in [-0.3, -0.25) is 0 Å². The molecule has 0 aromatic heterocycles. The summed E-state index contributed by atoms with van der Waals surface area (Å²) in [6.45, 7) is 1.95. The normalized spacial score (nSPS) is 11.0. The number of phenols is 1. The first-order valence-corrected chi connectivity index (χ1v) is 12.0. The molecule has 5 rings (SSSR count). The van der Waals surface area contributed by atoms with Gasteiger partial charge in [-0.25, -0.2) is 0 Å². The molecule has 36 heavy (non-hydrogen) atoms. The summed E-state index contributed by atoms with van der Waals surface area (Å²) in [5.74, 6) is 1.96. The Balaban J connectivity index is 1.13. The van der Waals surface area contributed by atoms with Crippen molar-refractivity contribution in [1.29, 1.82) is 0 Å². The molecule has 5 aromatic carbocycles. The fourth-order valence-corrected chi connectivity index (χ4v) is 4.01. The van der Waals surface area contributed by atoms with E-state index in [0.29, 0.717) is 50.3 Å². The SMILES string of the molecule is Oc1cc2ccccc2cc1OCCOCCOc1cc2ccccc2cc1OCc1ccccc1. The van der Waals surface area contributed by atoms with Gasteiger partial charge in [0.15, 0.2) is 23.0 Å². The maximum atomic E-state index is 10.2. The molecule has 5 nitrogen and oxygen atoms in total. The van der Waals surface area contributed by atoms with E-state index in [1.165, 1.54) is 0 Å². The maximum Gasteiger partial charge on any atom is 0.162 e. The Bertz CT molecular complexity index is 1430. The van der Waals surface area contributed by atoms with Gasteiger partial charge in [0.05, 0.1) is 13.2 Å². The van der Waals surface area contributed by atoms with Crippen LogP contribution in [0.1, 0.15) is 5.56 Å². The summed E-state index contributed by atoms with van der Waals surface area (Å²) in [5.41, 5.74) is 1.09. The third-order valence-corrected chi connectivity index (χ3v) is 5.85. The van der Waals surface area contributed by atoms with Crippen LogP contribution >= 0.6 is 0 Å². The number of hydrogen-bond acceptors (Lipinski definition) is 5. The van der Waals surface area contributed by atoms with Crippen molar-refractivity contribution in [2.45, 2.75) is 6.61 Å². The van der Waals surface area contributed by atoms with E-state index in [9.17, 15) is 5.11 Å². The fraction of sp³-hybridized carbons (Fsp3) is 0.161. The topological polar surface area (TPSA) is 57.2 Å². The highest BCUT2D eigenvalue weighted by Crippen LogP contribution is 2.33. The molecular weight excluding hydrogens is 452 g/mol. The largest absolute Gasteiger partial charge is 0.504 e. The zero-order valence-corrected chi connectivity index (χ0v) is 19.9. The number of rotatable bonds is 11. The summed E-state index contributed by atoms with van der Waals surface area (Å²) in [4.78, 5) is 0. The van der Waals surface area contributed by atoms with E-state index in [4.69, 9.17) is 18.9 Å². The molecule has 182 valence electrons. The van der Waals surface area contributed by atoms with Crippen molar-refractivity contribution in [3.63, 3.8) is 0 Å². The Morgan fingerprint density at radius 2 is 0.944 bits per heavy atom. The predicted octanol–water partition coefficient (Wildman–Crippen LogP) is 6.75. The molecule has 0 aliphatic rings. The molecule has 0 saturated carbocycles. The van der Waals surface area contributed by atoms with E-state index in [0.717, 1.165) is 27.1 Å². The average molecular weight is 481 g/mol. The second-order valence-corrected chi connectivity index (χ2v) is 8.40. The molecule has 0 heterocycles. The molecule has 0 spiro atoms. The highest BCUT2D eigenvalue weighted by Gasteiger charge is 2.09. The first-order valence-electron chi connectivity index (χ1n) is 12.0. The molecule has 0 fully saturated rings. The Hall–Kier alpha value is -4.22. The van der Waals surface area contributed by atoms with Crippen LogP contribution in [0.5, 0.6) is 23.0 Å². The van der Waals surface area contributed by atoms with Crippen LogP contribution < -0.4 is 14.2 Å². The lowest BCUT2D eigenvalue weighted by molar-refractivity contribution is 0.0748. The minimum Gasteiger partial charge on any atom is -0.504 e. The van der Waals surface area contributed by atoms with Crippen LogP contribution in [-0.2, 0) is 11.3 Å². The molecule has 0 atom stereocenters. The van der Waals surface area contributed by atoms with Gasteiger partial charge in [0.1, 0.15) is 19.8 Å². The summed E-state index contributed by atoms with van der Waals surface area (Å²) in [6.07, 6.45) is 0. The molecular formula is C31H28O5. The van der Waals surface area contributed by atoms with E-state index >= 15 is 0 Å². The summed E-state index contributed by atoms with van der Waals surface area (Å²) in [5, 5.41) is 14.4. The minimum atomic E-state index is 0.122. The highest BCUT2D eigenvalue weighted by molar-refractivity contribution is 5.86. The molecule has 5 aromatic rings. The lowest BCUT2D eigenvalue weighted by Gasteiger charge is -2.15. The lowest BCUT2D eigenvalue weighted by atomic mass is 10.1. The van der Waals surface area contributed by atoms with Crippen LogP contribution in [0.4, 0.5) is 0 Å². The van der Waals surface area contributed by atoms with E-state index in [1.807, 2.05) is 84.9 Å². The van der Waals surface area contributed by atoms with Crippen molar-refractivity contribution in [2.24, 2.45) is 0 Å². The third-order valence-electron chi connectivity index (χ3n) is 5.85. The summed E-state index contributed by atoms with van der Waals surface area (Å²) in [7, 11) is 0. The monoisotopic (exact) mass is 480 g/mol. The van der Waals surface area contributed by atoms with Crippen molar-refractivity contribution >= 4 is 21.5 Å². The number of aromatic hydroxyl groups is 1. The van der Waals surface area contributed by atoms with Crippen LogP contribution in [0.3, 0.4) is 0 Å². The molecule has 5 heteroatoms. The number of hydrogen-bond donors (Lipinski definition) is 1. The van der Waals surface area contributed by atoms with Crippen molar-refractivity contribution < 1.29 is 24.1 Å². The Kier molecular flexibility index (Phi) is 7.49. The maximum absolute atomic E-state index is 10.2. The van der Waals surface area contributed by atoms with Gasteiger partial charge in [-0.2, -0.15) is 0 Å². The average Bonchev–Trinajstić information content (AvgIpc) is 2.92. The zero-order chi connectivity index (χ0) is 24.6. The van der Waals surface area contributed by atoms with Gasteiger partial charge in [0, 0.05) is 0 Å². The van der Waals surface area contributed by atoms with Gasteiger partial charge >= 0.3 is 0 Å². The molecule has 1 N–H and O–H groups in total. The molecule has 0 amide bonds. The first-order chi connectivity index (χ1) is 17.8. The quantitative estimate of drug-likeness (QED) is 0.212. The van der Waals surface area contributed by atoms with Gasteiger partial charge in [0.25, 0.3) is 0 Å². The Morgan fingerprint density at radius 1 is 0.472 bits per heavy atom. The van der Waals surface area contributed by atoms with Gasteiger partial charge in [0.2, 0.25) is 0 Å². The lowest BCUT2D eigenvalue weighted by Crippen LogP contribution is -2.12. The second kappa shape index (κ2) is 11.5. The minimum absolute atomic E-state index is 0.122. The molecule has 0 radical (unpaired) electrons. The van der Waals surface area contributed by atoms with E-state index in [2.05, 4.69) is 12.1 Å². The van der Waals surface area contributed by atoms with Crippen LogP contribution in [0.2, 0.25) is 0 Å². The smallest absolute Gasteiger partial charge is 0.162 e. The number of fused-ring (bicyclic) bond motifs is 2. The predicted molar refractivity (Wildman–Crippen MR) is 142 cm³/mol. The Labute approximate surface area is 210 Å². The van der Waals surface area contributed by atoms with Crippen LogP contribution in [0, 0.1) is 0 Å². The van der Waals surface area contributed by atoms with Crippen molar-refractivity contribution in [3.8, 4) is 23.0 Å². The van der Waals surface area contributed by atoms with Crippen LogP contribution in [-0.4, -0.2) is 31.5 Å². The zero-order valence-electron chi connectivity index (χ0n) is 19.9. The van der Waals surface area contributed by atoms with Crippen molar-refractivity contribution in [1.82, 2.24) is 0 Å². The first kappa shape index (κ1) is 23.5. The Morgan fingerprint density at radius 3 is 1.56 bits per heavy atom. The fourth-order valence-electron chi connectivity index (χ4n) is 4.01. The summed E-state index contributed by atoms with van der Waals surface area (Å²) >= 11 is 0. The molecule has 0 saturated heterocycles. The van der Waals surface area contributed by atoms with Gasteiger partial charge in [-0.15, -0.1) is 0 Å². The van der Waals surface area contributed by atoms with Gasteiger partial charge < -0.3 is 24.1 Å². The number of benzene rings is 5. The van der Waals surface area contributed by atoms with E-state index < -0.39 is 0 Å². The summed E-state index contributed by atoms with van der Waals surface area (Å²) < 4.78 is 23.5. The van der Waals surface area contributed by atoms with Gasteiger partial charge in [-0.1, -0.05) is 78.9 Å². The standard InChI is InChI=1S/C31H28O5/c32-28-18-24-10-4-5-11-25(24)19-29(28)34-16-14-33-15-17-35-30-20-26-12-6-7-13-27(26)21-31(30)36-22-23-8-2-1-3-9-23/h1-13,18-21,32H,14-17,22H2. The third kappa shape index (κ3) is 5.88. The highest BCUT2D eigenvalue weighted by atomic mass is 16.6. The number of phenolic OH excluding ortho intramolecular Hbond substituents is 1. The van der Waals surface area contributed by atoms with E-state index in [1.54, 1.807) is 6.07 Å². The molecule has 0 unspecified atom stereocenters. The van der Waals surface area contributed by atoms with Crippen molar-refractivity contribution in [2.75, 3.05) is 26.4 Å². The molecule has 0 aliphatic heterocycles.